The first-order valence-electron chi connectivity index (χ1n) is 5.60. The zero-order valence-corrected chi connectivity index (χ0v) is 8.92. The van der Waals surface area contributed by atoms with Gasteiger partial charge in [-0.25, -0.2) is 0 Å². The maximum atomic E-state index is 5.77. The lowest BCUT2D eigenvalue weighted by molar-refractivity contribution is 0.302. The van der Waals surface area contributed by atoms with E-state index in [-0.39, 0.29) is 0 Å². The second kappa shape index (κ2) is 5.25. The van der Waals surface area contributed by atoms with Gasteiger partial charge < -0.3 is 5.73 Å². The van der Waals surface area contributed by atoms with Crippen LogP contribution in [0.3, 0.4) is 0 Å². The number of hydrogen-bond acceptors (Lipinski definition) is 1. The Balaban J connectivity index is 2.54. The van der Waals surface area contributed by atoms with E-state index in [2.05, 4.69) is 18.8 Å². The van der Waals surface area contributed by atoms with Gasteiger partial charge in [-0.15, -0.1) is 0 Å². The van der Waals surface area contributed by atoms with E-state index in [1.807, 2.05) is 0 Å². The first kappa shape index (κ1) is 10.6. The minimum Gasteiger partial charge on any atom is -0.387 e. The normalized spacial score (nSPS) is 30.5. The molecule has 0 heterocycles. The van der Waals surface area contributed by atoms with E-state index >= 15 is 0 Å². The molecule has 1 aliphatic rings. The summed E-state index contributed by atoms with van der Waals surface area (Å²) in [5.74, 6) is 1.63. The van der Waals surface area contributed by atoms with Crippen molar-refractivity contribution in [1.29, 1.82) is 0 Å². The summed E-state index contributed by atoms with van der Waals surface area (Å²) in [6.45, 7) is 4.34. The molecule has 1 aliphatic carbocycles. The van der Waals surface area contributed by atoms with Crippen LogP contribution >= 0.6 is 0 Å². The van der Waals surface area contributed by atoms with Gasteiger partial charge in [0.25, 0.3) is 0 Å². The van der Waals surface area contributed by atoms with E-state index in [0.717, 1.165) is 18.2 Å². The second-order valence-electron chi connectivity index (χ2n) is 3.99. The van der Waals surface area contributed by atoms with Crippen molar-refractivity contribution in [3.05, 3.63) is 0 Å². The van der Waals surface area contributed by atoms with Crippen molar-refractivity contribution >= 4 is 5.84 Å². The Bertz CT molecular complexity index is 175. The third kappa shape index (κ3) is 3.02. The maximum Gasteiger partial charge on any atom is 0.0937 e. The molecular weight excluding hydrogens is 160 g/mol. The van der Waals surface area contributed by atoms with Crippen LogP contribution in [-0.2, 0) is 0 Å². The monoisotopic (exact) mass is 182 g/mol. The van der Waals surface area contributed by atoms with Crippen molar-refractivity contribution in [1.82, 2.24) is 0 Å². The van der Waals surface area contributed by atoms with Crippen LogP contribution in [0.2, 0.25) is 0 Å². The molecule has 0 aliphatic heterocycles. The van der Waals surface area contributed by atoms with E-state index in [4.69, 9.17) is 5.73 Å². The number of aliphatic imine (C=N–C) groups is 1. The molecule has 1 saturated carbocycles. The fourth-order valence-electron chi connectivity index (χ4n) is 2.14. The molecule has 0 aromatic carbocycles. The minimum absolute atomic E-state index is 0.527. The molecule has 0 bridgehead atoms. The number of amidine groups is 1. The molecule has 2 heteroatoms. The van der Waals surface area contributed by atoms with E-state index < -0.39 is 0 Å². The molecule has 0 amide bonds. The predicted octanol–water partition coefficient (Wildman–Crippen LogP) is 2.72. The summed E-state index contributed by atoms with van der Waals surface area (Å²) in [5.41, 5.74) is 5.77. The average Bonchev–Trinajstić information content (AvgIpc) is 2.18. The van der Waals surface area contributed by atoms with Gasteiger partial charge in [-0.2, -0.15) is 0 Å². The maximum absolute atomic E-state index is 5.77. The number of hydrogen-bond donors (Lipinski definition) is 1. The van der Waals surface area contributed by atoms with Crippen LogP contribution in [0.5, 0.6) is 0 Å². The summed E-state index contributed by atoms with van der Waals surface area (Å²) in [4.78, 5) is 4.60. The third-order valence-electron chi connectivity index (χ3n) is 3.09. The van der Waals surface area contributed by atoms with Crippen LogP contribution < -0.4 is 5.73 Å². The van der Waals surface area contributed by atoms with Gasteiger partial charge in [-0.3, -0.25) is 4.99 Å². The number of nitrogens with two attached hydrogens (primary N) is 1. The quantitative estimate of drug-likeness (QED) is 0.529. The summed E-state index contributed by atoms with van der Waals surface area (Å²) in [5, 5.41) is 0. The van der Waals surface area contributed by atoms with Crippen LogP contribution in [0.1, 0.15) is 52.4 Å². The van der Waals surface area contributed by atoms with Gasteiger partial charge in [0.15, 0.2) is 0 Å². The van der Waals surface area contributed by atoms with Crippen LogP contribution in [0.15, 0.2) is 4.99 Å². The summed E-state index contributed by atoms with van der Waals surface area (Å²) in [6, 6.07) is 0.527. The SMILES string of the molecule is CCC(N)=NC1CCCCC1CC. The highest BCUT2D eigenvalue weighted by Crippen LogP contribution is 2.29. The van der Waals surface area contributed by atoms with Crippen LogP contribution in [-0.4, -0.2) is 11.9 Å². The summed E-state index contributed by atoms with van der Waals surface area (Å²) < 4.78 is 0. The Labute approximate surface area is 81.6 Å². The lowest BCUT2D eigenvalue weighted by atomic mass is 9.83. The molecule has 2 unspecified atom stereocenters. The molecule has 0 aromatic heterocycles. The molecule has 2 N–H and O–H groups in total. The van der Waals surface area contributed by atoms with Gasteiger partial charge in [0.1, 0.15) is 0 Å². The zero-order valence-electron chi connectivity index (χ0n) is 8.92. The molecule has 0 spiro atoms. The first-order chi connectivity index (χ1) is 6.27. The highest BCUT2D eigenvalue weighted by molar-refractivity contribution is 5.80. The smallest absolute Gasteiger partial charge is 0.0937 e. The summed E-state index contributed by atoms with van der Waals surface area (Å²) in [6.07, 6.45) is 7.47. The van der Waals surface area contributed by atoms with Gasteiger partial charge in [-0.1, -0.05) is 33.1 Å². The van der Waals surface area contributed by atoms with Gasteiger partial charge in [-0.05, 0) is 18.8 Å². The molecular formula is C11H22N2. The molecule has 76 valence electrons. The van der Waals surface area contributed by atoms with E-state index in [1.165, 1.54) is 32.1 Å². The van der Waals surface area contributed by atoms with Crippen molar-refractivity contribution < 1.29 is 0 Å². The van der Waals surface area contributed by atoms with Crippen molar-refractivity contribution in [2.75, 3.05) is 0 Å². The summed E-state index contributed by atoms with van der Waals surface area (Å²) in [7, 11) is 0. The van der Waals surface area contributed by atoms with Gasteiger partial charge in [0.05, 0.1) is 11.9 Å². The Morgan fingerprint density at radius 1 is 1.31 bits per heavy atom. The highest BCUT2D eigenvalue weighted by atomic mass is 14.9. The standard InChI is InChI=1S/C11H22N2/c1-3-9-7-5-6-8-10(9)13-11(12)4-2/h9-10H,3-8H2,1-2H3,(H2,12,13). The Morgan fingerprint density at radius 3 is 2.62 bits per heavy atom. The topological polar surface area (TPSA) is 38.4 Å². The fourth-order valence-corrected chi connectivity index (χ4v) is 2.14. The van der Waals surface area contributed by atoms with Crippen molar-refractivity contribution in [3.63, 3.8) is 0 Å². The largest absolute Gasteiger partial charge is 0.387 e. The molecule has 1 fully saturated rings. The van der Waals surface area contributed by atoms with Crippen LogP contribution in [0.25, 0.3) is 0 Å². The van der Waals surface area contributed by atoms with Crippen molar-refractivity contribution in [2.24, 2.45) is 16.6 Å². The van der Waals surface area contributed by atoms with Gasteiger partial charge in [0.2, 0.25) is 0 Å². The first-order valence-corrected chi connectivity index (χ1v) is 5.60. The number of rotatable bonds is 3. The Kier molecular flexibility index (Phi) is 4.26. The minimum atomic E-state index is 0.527. The van der Waals surface area contributed by atoms with E-state index in [1.54, 1.807) is 0 Å². The van der Waals surface area contributed by atoms with Gasteiger partial charge >= 0.3 is 0 Å². The Morgan fingerprint density at radius 2 is 2.00 bits per heavy atom. The van der Waals surface area contributed by atoms with E-state index in [9.17, 15) is 0 Å². The lowest BCUT2D eigenvalue weighted by Gasteiger charge is -2.28. The molecule has 0 saturated heterocycles. The second-order valence-corrected chi connectivity index (χ2v) is 3.99. The Hall–Kier alpha value is -0.530. The highest BCUT2D eigenvalue weighted by Gasteiger charge is 2.22. The third-order valence-corrected chi connectivity index (χ3v) is 3.09. The van der Waals surface area contributed by atoms with Crippen LogP contribution in [0, 0.1) is 5.92 Å². The number of nitrogens with zero attached hydrogens (tertiary/aromatic N) is 1. The predicted molar refractivity (Wildman–Crippen MR) is 58.0 cm³/mol. The lowest BCUT2D eigenvalue weighted by Crippen LogP contribution is -2.25. The summed E-state index contributed by atoms with van der Waals surface area (Å²) >= 11 is 0. The van der Waals surface area contributed by atoms with Crippen molar-refractivity contribution in [2.45, 2.75) is 58.4 Å². The zero-order chi connectivity index (χ0) is 9.68. The fraction of sp³-hybridized carbons (Fsp3) is 0.909. The van der Waals surface area contributed by atoms with Crippen LogP contribution in [0.4, 0.5) is 0 Å². The average molecular weight is 182 g/mol. The van der Waals surface area contributed by atoms with Gasteiger partial charge in [0, 0.05) is 6.42 Å². The van der Waals surface area contributed by atoms with E-state index in [0.29, 0.717) is 6.04 Å². The van der Waals surface area contributed by atoms with Crippen molar-refractivity contribution in [3.8, 4) is 0 Å². The molecule has 13 heavy (non-hydrogen) atoms. The molecule has 1 rings (SSSR count). The molecule has 0 radical (unpaired) electrons. The molecule has 2 nitrogen and oxygen atoms in total. The molecule has 2 atom stereocenters. The molecule has 0 aromatic rings.